The average molecular weight is 366 g/mol. The van der Waals surface area contributed by atoms with Crippen molar-refractivity contribution >= 4 is 23.1 Å². The van der Waals surface area contributed by atoms with Crippen LogP contribution in [-0.2, 0) is 0 Å². The van der Waals surface area contributed by atoms with Crippen LogP contribution in [0.1, 0.15) is 57.4 Å². The van der Waals surface area contributed by atoms with E-state index in [0.717, 1.165) is 17.7 Å². The predicted octanol–water partition coefficient (Wildman–Crippen LogP) is 4.84. The van der Waals surface area contributed by atoms with Crippen LogP contribution < -0.4 is 15.2 Å². The molecule has 0 aliphatic carbocycles. The monoisotopic (exact) mass is 365 g/mol. The lowest BCUT2D eigenvalue weighted by Crippen LogP contribution is -2.04. The van der Waals surface area contributed by atoms with Crippen molar-refractivity contribution in [2.45, 2.75) is 51.9 Å². The number of thioether (sulfide) groups is 1. The number of nitrogens with zero attached hydrogens (tertiary/aromatic N) is 2. The molecule has 0 fully saturated rings. The molecule has 0 bridgehead atoms. The van der Waals surface area contributed by atoms with Crippen molar-refractivity contribution in [1.29, 1.82) is 0 Å². The molecule has 2 N–H and O–H groups in total. The Morgan fingerprint density at radius 3 is 2.52 bits per heavy atom. The van der Waals surface area contributed by atoms with E-state index in [1.807, 2.05) is 24.5 Å². The number of methoxy groups -OCH3 is 1. The van der Waals surface area contributed by atoms with Gasteiger partial charge in [0.25, 0.3) is 0 Å². The van der Waals surface area contributed by atoms with Gasteiger partial charge in [0.2, 0.25) is 0 Å². The van der Waals surface area contributed by atoms with Crippen molar-refractivity contribution in [1.82, 2.24) is 0 Å². The van der Waals surface area contributed by atoms with Gasteiger partial charge in [-0.25, -0.2) is 0 Å². The standard InChI is InChI=1S/C19H31N3O2S/c1-4-5-6-7-8-9-10-13-24-17-12-11-16(14-18(17)23-2)15-21-22-19(20)25-3/h11-12,14-15H,4-10,13H2,1-3H3,(H2,20,22)/b21-15-. The van der Waals surface area contributed by atoms with Gasteiger partial charge in [0.1, 0.15) is 0 Å². The van der Waals surface area contributed by atoms with Gasteiger partial charge in [-0.3, -0.25) is 0 Å². The Labute approximate surface area is 156 Å². The number of hydrogen-bond donors (Lipinski definition) is 1. The maximum Gasteiger partial charge on any atom is 0.180 e. The van der Waals surface area contributed by atoms with E-state index in [9.17, 15) is 0 Å². The van der Waals surface area contributed by atoms with Gasteiger partial charge in [-0.2, -0.15) is 5.10 Å². The van der Waals surface area contributed by atoms with Crippen molar-refractivity contribution in [2.24, 2.45) is 15.9 Å². The number of hydrogen-bond acceptors (Lipinski definition) is 5. The first-order chi connectivity index (χ1) is 12.2. The first-order valence-corrected chi connectivity index (χ1v) is 10.1. The van der Waals surface area contributed by atoms with Crippen molar-refractivity contribution in [3.63, 3.8) is 0 Å². The summed E-state index contributed by atoms with van der Waals surface area (Å²) in [5.41, 5.74) is 6.47. The lowest BCUT2D eigenvalue weighted by molar-refractivity contribution is 0.284. The van der Waals surface area contributed by atoms with E-state index >= 15 is 0 Å². The van der Waals surface area contributed by atoms with E-state index in [1.54, 1.807) is 13.3 Å². The molecule has 0 heterocycles. The summed E-state index contributed by atoms with van der Waals surface area (Å²) in [6.45, 7) is 2.96. The van der Waals surface area contributed by atoms with Crippen molar-refractivity contribution < 1.29 is 9.47 Å². The molecule has 0 aliphatic heterocycles. The molecule has 0 aromatic heterocycles. The summed E-state index contributed by atoms with van der Waals surface area (Å²) in [6.07, 6.45) is 12.4. The minimum Gasteiger partial charge on any atom is -0.493 e. The fourth-order valence-electron chi connectivity index (χ4n) is 2.32. The molecule has 1 aromatic rings. The predicted molar refractivity (Wildman–Crippen MR) is 109 cm³/mol. The smallest absolute Gasteiger partial charge is 0.180 e. The molecule has 0 aliphatic rings. The fraction of sp³-hybridized carbons (Fsp3) is 0.579. The van der Waals surface area contributed by atoms with E-state index in [1.165, 1.54) is 50.3 Å². The highest BCUT2D eigenvalue weighted by Gasteiger charge is 2.05. The lowest BCUT2D eigenvalue weighted by atomic mass is 10.1. The first kappa shape index (κ1) is 21.4. The van der Waals surface area contributed by atoms with Gasteiger partial charge in [0, 0.05) is 0 Å². The second kappa shape index (κ2) is 13.6. The third-order valence-corrected chi connectivity index (χ3v) is 4.27. The zero-order chi connectivity index (χ0) is 18.3. The van der Waals surface area contributed by atoms with Crippen molar-refractivity contribution in [2.75, 3.05) is 20.0 Å². The molecular formula is C19H31N3O2S. The minimum atomic E-state index is 0.429. The van der Waals surface area contributed by atoms with E-state index in [-0.39, 0.29) is 0 Å². The normalized spacial score (nSPS) is 11.9. The Morgan fingerprint density at radius 1 is 1.12 bits per heavy atom. The van der Waals surface area contributed by atoms with Crippen LogP contribution in [0.4, 0.5) is 0 Å². The summed E-state index contributed by atoms with van der Waals surface area (Å²) in [5.74, 6) is 1.46. The molecule has 0 unspecified atom stereocenters. The van der Waals surface area contributed by atoms with E-state index in [2.05, 4.69) is 17.1 Å². The Bertz CT molecular complexity index is 547. The molecule has 1 rings (SSSR count). The van der Waals surface area contributed by atoms with Crippen molar-refractivity contribution in [3.05, 3.63) is 23.8 Å². The number of rotatable bonds is 12. The van der Waals surface area contributed by atoms with Gasteiger partial charge in [-0.1, -0.05) is 57.2 Å². The van der Waals surface area contributed by atoms with Crippen LogP contribution in [0.2, 0.25) is 0 Å². The van der Waals surface area contributed by atoms with Crippen LogP contribution in [0.25, 0.3) is 0 Å². The van der Waals surface area contributed by atoms with Gasteiger partial charge in [0.05, 0.1) is 19.9 Å². The second-order valence-corrected chi connectivity index (χ2v) is 6.59. The van der Waals surface area contributed by atoms with Crippen LogP contribution in [0.15, 0.2) is 28.4 Å². The third-order valence-electron chi connectivity index (χ3n) is 3.77. The Kier molecular flexibility index (Phi) is 11.6. The molecular weight excluding hydrogens is 334 g/mol. The zero-order valence-electron chi connectivity index (χ0n) is 15.7. The molecule has 5 nitrogen and oxygen atoms in total. The van der Waals surface area contributed by atoms with E-state index in [4.69, 9.17) is 15.2 Å². The SMILES string of the molecule is CCCCCCCCCOc1ccc(/C=N\N=C(/N)SC)cc1OC. The average Bonchev–Trinajstić information content (AvgIpc) is 2.64. The maximum absolute atomic E-state index is 5.85. The molecule has 0 spiro atoms. The van der Waals surface area contributed by atoms with E-state index < -0.39 is 0 Å². The topological polar surface area (TPSA) is 69.2 Å². The van der Waals surface area contributed by atoms with Gasteiger partial charge >= 0.3 is 0 Å². The highest BCUT2D eigenvalue weighted by molar-refractivity contribution is 8.13. The minimum absolute atomic E-state index is 0.429. The summed E-state index contributed by atoms with van der Waals surface area (Å²) in [6, 6.07) is 5.72. The zero-order valence-corrected chi connectivity index (χ0v) is 16.5. The maximum atomic E-state index is 5.85. The van der Waals surface area contributed by atoms with Crippen LogP contribution in [0.5, 0.6) is 11.5 Å². The van der Waals surface area contributed by atoms with Crippen LogP contribution in [0, 0.1) is 0 Å². The fourth-order valence-corrected chi connectivity index (χ4v) is 2.45. The number of benzene rings is 1. The second-order valence-electron chi connectivity index (χ2n) is 5.77. The first-order valence-electron chi connectivity index (χ1n) is 8.92. The number of amidine groups is 1. The third kappa shape index (κ3) is 9.39. The molecule has 25 heavy (non-hydrogen) atoms. The molecule has 0 atom stereocenters. The molecule has 140 valence electrons. The lowest BCUT2D eigenvalue weighted by Gasteiger charge is -2.11. The summed E-state index contributed by atoms with van der Waals surface area (Å²) in [7, 11) is 1.64. The summed E-state index contributed by atoms with van der Waals surface area (Å²) < 4.78 is 11.3. The van der Waals surface area contributed by atoms with Gasteiger partial charge < -0.3 is 15.2 Å². The van der Waals surface area contributed by atoms with Crippen LogP contribution in [-0.4, -0.2) is 31.4 Å². The Balaban J connectivity index is 2.42. The van der Waals surface area contributed by atoms with E-state index in [0.29, 0.717) is 17.5 Å². The largest absolute Gasteiger partial charge is 0.493 e. The van der Waals surface area contributed by atoms with Crippen LogP contribution in [0.3, 0.4) is 0 Å². The summed E-state index contributed by atoms with van der Waals surface area (Å²) in [4.78, 5) is 0. The van der Waals surface area contributed by atoms with Gasteiger partial charge in [-0.15, -0.1) is 5.10 Å². The highest BCUT2D eigenvalue weighted by atomic mass is 32.2. The van der Waals surface area contributed by atoms with Crippen molar-refractivity contribution in [3.8, 4) is 11.5 Å². The quantitative estimate of drug-likeness (QED) is 0.249. The summed E-state index contributed by atoms with van der Waals surface area (Å²) in [5, 5.41) is 8.25. The van der Waals surface area contributed by atoms with Gasteiger partial charge in [0.15, 0.2) is 16.7 Å². The van der Waals surface area contributed by atoms with Gasteiger partial charge in [-0.05, 0) is 36.4 Å². The molecule has 0 radical (unpaired) electrons. The highest BCUT2D eigenvalue weighted by Crippen LogP contribution is 2.27. The molecule has 0 amide bonds. The molecule has 0 saturated heterocycles. The molecule has 0 saturated carbocycles. The summed E-state index contributed by atoms with van der Waals surface area (Å²) >= 11 is 1.36. The Morgan fingerprint density at radius 2 is 1.84 bits per heavy atom. The number of unbranched alkanes of at least 4 members (excludes halogenated alkanes) is 6. The molecule has 6 heteroatoms. The number of ether oxygens (including phenoxy) is 2. The van der Waals surface area contributed by atoms with Crippen LogP contribution >= 0.6 is 11.8 Å². The molecule has 1 aromatic carbocycles. The Hall–Kier alpha value is -1.69. The number of nitrogens with two attached hydrogens (primary N) is 1.